The molecule has 2 N–H and O–H groups in total. The van der Waals surface area contributed by atoms with Crippen molar-refractivity contribution in [3.63, 3.8) is 0 Å². The molecule has 0 aromatic carbocycles. The van der Waals surface area contributed by atoms with E-state index in [9.17, 15) is 0 Å². The summed E-state index contributed by atoms with van der Waals surface area (Å²) in [6.07, 6.45) is 5.54. The average Bonchev–Trinajstić information content (AvgIpc) is 2.83. The summed E-state index contributed by atoms with van der Waals surface area (Å²) in [7, 11) is 0. The molecule has 4 nitrogen and oxygen atoms in total. The third kappa shape index (κ3) is 2.87. The zero-order chi connectivity index (χ0) is 13.1. The van der Waals surface area contributed by atoms with Gasteiger partial charge in [-0.25, -0.2) is 9.97 Å². The molecule has 1 atom stereocenters. The van der Waals surface area contributed by atoms with Crippen molar-refractivity contribution in [3.05, 3.63) is 17.3 Å². The van der Waals surface area contributed by atoms with Gasteiger partial charge in [-0.2, -0.15) is 0 Å². The first-order chi connectivity index (χ1) is 9.34. The van der Waals surface area contributed by atoms with Crippen molar-refractivity contribution in [2.24, 2.45) is 5.92 Å². The van der Waals surface area contributed by atoms with E-state index in [4.69, 9.17) is 0 Å². The molecule has 3 rings (SSSR count). The number of nitrogens with zero attached hydrogens (tertiary/aromatic N) is 2. The third-order valence-corrected chi connectivity index (χ3v) is 4.87. The van der Waals surface area contributed by atoms with Crippen molar-refractivity contribution >= 4 is 27.4 Å². The van der Waals surface area contributed by atoms with Crippen LogP contribution in [0.5, 0.6) is 0 Å². The molecule has 1 saturated heterocycles. The summed E-state index contributed by atoms with van der Waals surface area (Å²) in [5.41, 5.74) is 2.32. The fourth-order valence-corrected chi connectivity index (χ4v) is 3.63. The number of thiophene rings is 1. The van der Waals surface area contributed by atoms with Crippen LogP contribution in [0.3, 0.4) is 0 Å². The van der Waals surface area contributed by atoms with Gasteiger partial charge >= 0.3 is 0 Å². The molecule has 0 spiro atoms. The van der Waals surface area contributed by atoms with Gasteiger partial charge in [-0.1, -0.05) is 0 Å². The monoisotopic (exact) mass is 276 g/mol. The van der Waals surface area contributed by atoms with Gasteiger partial charge < -0.3 is 10.6 Å². The van der Waals surface area contributed by atoms with Crippen molar-refractivity contribution in [2.45, 2.75) is 26.2 Å². The van der Waals surface area contributed by atoms with Gasteiger partial charge in [0.25, 0.3) is 0 Å². The fraction of sp³-hybridized carbons (Fsp3) is 0.571. The van der Waals surface area contributed by atoms with Gasteiger partial charge in [0, 0.05) is 6.54 Å². The molecule has 1 aliphatic rings. The predicted molar refractivity (Wildman–Crippen MR) is 80.9 cm³/mol. The number of hydrogen-bond donors (Lipinski definition) is 2. The van der Waals surface area contributed by atoms with Gasteiger partial charge in [0.2, 0.25) is 0 Å². The van der Waals surface area contributed by atoms with E-state index >= 15 is 0 Å². The van der Waals surface area contributed by atoms with E-state index in [-0.39, 0.29) is 0 Å². The number of rotatable bonds is 4. The van der Waals surface area contributed by atoms with Gasteiger partial charge in [0.15, 0.2) is 0 Å². The highest BCUT2D eigenvalue weighted by Crippen LogP contribution is 2.28. The molecule has 1 unspecified atom stereocenters. The zero-order valence-electron chi connectivity index (χ0n) is 11.3. The minimum absolute atomic E-state index is 0.809. The maximum absolute atomic E-state index is 4.38. The summed E-state index contributed by atoms with van der Waals surface area (Å²) >= 11 is 1.73. The van der Waals surface area contributed by atoms with E-state index < -0.39 is 0 Å². The Morgan fingerprint density at radius 1 is 1.47 bits per heavy atom. The van der Waals surface area contributed by atoms with Crippen LogP contribution in [0.15, 0.2) is 11.7 Å². The highest BCUT2D eigenvalue weighted by atomic mass is 32.1. The highest BCUT2D eigenvalue weighted by Gasteiger charge is 2.13. The SMILES string of the molecule is Cc1csc2c(NCCC3CCCNC3)ncnc12. The number of nitrogens with one attached hydrogen (secondary N) is 2. The molecule has 0 radical (unpaired) electrons. The van der Waals surface area contributed by atoms with Crippen LogP contribution in [0.25, 0.3) is 10.2 Å². The van der Waals surface area contributed by atoms with Crippen molar-refractivity contribution < 1.29 is 0 Å². The Labute approximate surface area is 117 Å². The quantitative estimate of drug-likeness (QED) is 0.901. The Hall–Kier alpha value is -1.20. The Morgan fingerprint density at radius 3 is 3.26 bits per heavy atom. The molecule has 1 fully saturated rings. The molecular formula is C14H20N4S. The lowest BCUT2D eigenvalue weighted by molar-refractivity contribution is 0.364. The molecule has 0 aliphatic carbocycles. The molecule has 3 heterocycles. The smallest absolute Gasteiger partial charge is 0.147 e. The van der Waals surface area contributed by atoms with Gasteiger partial charge in [0.05, 0.1) is 10.2 Å². The molecule has 0 amide bonds. The van der Waals surface area contributed by atoms with Crippen LogP contribution in [0.2, 0.25) is 0 Å². The summed E-state index contributed by atoms with van der Waals surface area (Å²) in [5, 5.41) is 9.09. The summed E-state index contributed by atoms with van der Waals surface area (Å²) < 4.78 is 1.18. The van der Waals surface area contributed by atoms with Crippen LogP contribution >= 0.6 is 11.3 Å². The Balaban J connectivity index is 1.62. The van der Waals surface area contributed by atoms with Gasteiger partial charge in [-0.15, -0.1) is 11.3 Å². The van der Waals surface area contributed by atoms with Gasteiger partial charge in [-0.3, -0.25) is 0 Å². The van der Waals surface area contributed by atoms with E-state index in [2.05, 4.69) is 32.9 Å². The summed E-state index contributed by atoms with van der Waals surface area (Å²) in [4.78, 5) is 8.72. The number of hydrogen-bond acceptors (Lipinski definition) is 5. The van der Waals surface area contributed by atoms with Crippen molar-refractivity contribution in [1.29, 1.82) is 0 Å². The van der Waals surface area contributed by atoms with Crippen molar-refractivity contribution in [2.75, 3.05) is 25.0 Å². The van der Waals surface area contributed by atoms with Crippen LogP contribution in [-0.4, -0.2) is 29.6 Å². The normalized spacial score (nSPS) is 19.7. The Kier molecular flexibility index (Phi) is 3.94. The van der Waals surface area contributed by atoms with Crippen molar-refractivity contribution in [1.82, 2.24) is 15.3 Å². The molecule has 0 saturated carbocycles. The van der Waals surface area contributed by atoms with E-state index in [1.54, 1.807) is 17.7 Å². The first kappa shape index (κ1) is 12.8. The lowest BCUT2D eigenvalue weighted by atomic mass is 9.96. The topological polar surface area (TPSA) is 49.8 Å². The van der Waals surface area contributed by atoms with E-state index in [0.717, 1.165) is 23.8 Å². The van der Waals surface area contributed by atoms with E-state index in [1.807, 2.05) is 0 Å². The molecule has 2 aromatic heterocycles. The molecule has 1 aliphatic heterocycles. The molecule has 102 valence electrons. The van der Waals surface area contributed by atoms with Crippen LogP contribution in [0.4, 0.5) is 5.82 Å². The maximum Gasteiger partial charge on any atom is 0.147 e. The molecule has 2 aromatic rings. The first-order valence-corrected chi connectivity index (χ1v) is 7.86. The second kappa shape index (κ2) is 5.84. The largest absolute Gasteiger partial charge is 0.369 e. The number of piperidine rings is 1. The summed E-state index contributed by atoms with van der Waals surface area (Å²) in [6, 6.07) is 0. The predicted octanol–water partition coefficient (Wildman–Crippen LogP) is 2.80. The minimum Gasteiger partial charge on any atom is -0.369 e. The number of fused-ring (bicyclic) bond motifs is 1. The Bertz CT molecular complexity index is 545. The molecular weight excluding hydrogens is 256 g/mol. The van der Waals surface area contributed by atoms with E-state index in [0.29, 0.717) is 0 Å². The van der Waals surface area contributed by atoms with Crippen LogP contribution in [0, 0.1) is 12.8 Å². The first-order valence-electron chi connectivity index (χ1n) is 6.98. The second-order valence-corrected chi connectivity index (χ2v) is 6.13. The highest BCUT2D eigenvalue weighted by molar-refractivity contribution is 7.18. The van der Waals surface area contributed by atoms with Crippen LogP contribution < -0.4 is 10.6 Å². The zero-order valence-corrected chi connectivity index (χ0v) is 12.1. The van der Waals surface area contributed by atoms with Crippen LogP contribution in [0.1, 0.15) is 24.8 Å². The number of aromatic nitrogens is 2. The second-order valence-electron chi connectivity index (χ2n) is 5.25. The van der Waals surface area contributed by atoms with Crippen molar-refractivity contribution in [3.8, 4) is 0 Å². The lowest BCUT2D eigenvalue weighted by Gasteiger charge is -2.22. The number of aryl methyl sites for hydroxylation is 1. The fourth-order valence-electron chi connectivity index (χ4n) is 2.66. The van der Waals surface area contributed by atoms with Crippen LogP contribution in [-0.2, 0) is 0 Å². The van der Waals surface area contributed by atoms with E-state index in [1.165, 1.54) is 42.6 Å². The minimum atomic E-state index is 0.809. The summed E-state index contributed by atoms with van der Waals surface area (Å²) in [5.74, 6) is 1.80. The summed E-state index contributed by atoms with van der Waals surface area (Å²) in [6.45, 7) is 5.45. The average molecular weight is 276 g/mol. The molecule has 19 heavy (non-hydrogen) atoms. The lowest BCUT2D eigenvalue weighted by Crippen LogP contribution is -2.30. The third-order valence-electron chi connectivity index (χ3n) is 3.77. The number of anilines is 1. The maximum atomic E-state index is 4.38. The molecule has 0 bridgehead atoms. The van der Waals surface area contributed by atoms with Gasteiger partial charge in [-0.05, 0) is 56.1 Å². The standard InChI is InChI=1S/C14H20N4S/c1-10-8-19-13-12(10)17-9-18-14(13)16-6-4-11-3-2-5-15-7-11/h8-9,11,15H,2-7H2,1H3,(H,16,17,18). The Morgan fingerprint density at radius 2 is 2.42 bits per heavy atom. The molecule has 5 heteroatoms. The van der Waals surface area contributed by atoms with Gasteiger partial charge in [0.1, 0.15) is 12.1 Å².